The SMILES string of the molecule is CC(CCNC(=O)c1cccc(C(F)(F)F)c1F)S(C)=O. The zero-order valence-corrected chi connectivity index (χ0v) is 12.3. The van der Waals surface area contributed by atoms with Crippen LogP contribution in [-0.4, -0.2) is 28.2 Å². The lowest BCUT2D eigenvalue weighted by atomic mass is 10.1. The standard InChI is InChI=1S/C13H15F4NO2S/c1-8(21(2)20)6-7-18-12(19)9-4-3-5-10(11(9)14)13(15,16)17/h3-5,8H,6-7H2,1-2H3,(H,18,19). The van der Waals surface area contributed by atoms with Crippen molar-refractivity contribution in [2.24, 2.45) is 0 Å². The fourth-order valence-corrected chi connectivity index (χ4v) is 2.03. The van der Waals surface area contributed by atoms with Crippen LogP contribution in [0.25, 0.3) is 0 Å². The molecular weight excluding hydrogens is 310 g/mol. The molecule has 1 rings (SSSR count). The molecule has 8 heteroatoms. The number of nitrogens with one attached hydrogen (secondary N) is 1. The average Bonchev–Trinajstić information content (AvgIpc) is 2.37. The Morgan fingerprint density at radius 1 is 1.38 bits per heavy atom. The Hall–Kier alpha value is -1.44. The third-order valence-corrected chi connectivity index (χ3v) is 4.32. The number of carbonyl (C=O) groups is 1. The number of alkyl halides is 3. The fourth-order valence-electron chi connectivity index (χ4n) is 1.58. The highest BCUT2D eigenvalue weighted by atomic mass is 32.2. The average molecular weight is 325 g/mol. The molecule has 1 N–H and O–H groups in total. The summed E-state index contributed by atoms with van der Waals surface area (Å²) in [5.41, 5.74) is -2.13. The molecule has 0 saturated carbocycles. The van der Waals surface area contributed by atoms with Gasteiger partial charge >= 0.3 is 6.18 Å². The lowest BCUT2D eigenvalue weighted by Gasteiger charge is -2.12. The normalized spacial score (nSPS) is 14.6. The Bertz CT molecular complexity index is 545. The molecule has 2 unspecified atom stereocenters. The molecule has 2 atom stereocenters. The van der Waals surface area contributed by atoms with Crippen LogP contribution in [0.3, 0.4) is 0 Å². The number of halogens is 4. The van der Waals surface area contributed by atoms with Gasteiger partial charge in [-0.1, -0.05) is 13.0 Å². The van der Waals surface area contributed by atoms with E-state index < -0.39 is 39.8 Å². The summed E-state index contributed by atoms with van der Waals surface area (Å²) in [6.45, 7) is 1.82. The molecule has 0 aromatic heterocycles. The van der Waals surface area contributed by atoms with Gasteiger partial charge in [0.1, 0.15) is 5.82 Å². The highest BCUT2D eigenvalue weighted by molar-refractivity contribution is 7.84. The van der Waals surface area contributed by atoms with Crippen molar-refractivity contribution in [1.82, 2.24) is 5.32 Å². The summed E-state index contributed by atoms with van der Waals surface area (Å²) < 4.78 is 62.4. The minimum atomic E-state index is -4.85. The van der Waals surface area contributed by atoms with E-state index in [9.17, 15) is 26.6 Å². The van der Waals surface area contributed by atoms with E-state index in [1.165, 1.54) is 6.26 Å². The Balaban J connectivity index is 2.78. The van der Waals surface area contributed by atoms with Gasteiger partial charge in [-0.3, -0.25) is 9.00 Å². The molecule has 1 amide bonds. The minimum Gasteiger partial charge on any atom is -0.352 e. The Labute approximate surface area is 122 Å². The molecule has 0 heterocycles. The van der Waals surface area contributed by atoms with Crippen LogP contribution in [-0.2, 0) is 17.0 Å². The number of amides is 1. The number of hydrogen-bond acceptors (Lipinski definition) is 2. The van der Waals surface area contributed by atoms with Crippen molar-refractivity contribution in [2.75, 3.05) is 12.8 Å². The molecule has 0 aliphatic rings. The van der Waals surface area contributed by atoms with Crippen LogP contribution < -0.4 is 5.32 Å². The molecular formula is C13H15F4NO2S. The highest BCUT2D eigenvalue weighted by Crippen LogP contribution is 2.32. The maximum Gasteiger partial charge on any atom is 0.419 e. The van der Waals surface area contributed by atoms with Crippen molar-refractivity contribution in [3.63, 3.8) is 0 Å². The van der Waals surface area contributed by atoms with E-state index in [1.807, 2.05) is 0 Å². The molecule has 1 aromatic carbocycles. The summed E-state index contributed by atoms with van der Waals surface area (Å²) >= 11 is 0. The van der Waals surface area contributed by atoms with Gasteiger partial charge in [0.05, 0.1) is 11.1 Å². The monoisotopic (exact) mass is 325 g/mol. The van der Waals surface area contributed by atoms with Gasteiger partial charge in [0.15, 0.2) is 0 Å². The van der Waals surface area contributed by atoms with E-state index in [2.05, 4.69) is 5.32 Å². The predicted octanol–water partition coefficient (Wildman–Crippen LogP) is 2.73. The first-order valence-electron chi connectivity index (χ1n) is 6.10. The summed E-state index contributed by atoms with van der Waals surface area (Å²) in [5.74, 6) is -2.51. The summed E-state index contributed by atoms with van der Waals surface area (Å²) in [5, 5.41) is 2.15. The molecule has 1 aromatic rings. The smallest absolute Gasteiger partial charge is 0.352 e. The largest absolute Gasteiger partial charge is 0.419 e. The van der Waals surface area contributed by atoms with E-state index in [-0.39, 0.29) is 11.8 Å². The molecule has 0 aliphatic heterocycles. The Kier molecular flexibility index (Phi) is 5.88. The van der Waals surface area contributed by atoms with Gasteiger partial charge < -0.3 is 5.32 Å². The molecule has 0 saturated heterocycles. The van der Waals surface area contributed by atoms with E-state index >= 15 is 0 Å². The van der Waals surface area contributed by atoms with Gasteiger partial charge in [0.2, 0.25) is 0 Å². The number of rotatable bonds is 5. The molecule has 0 spiro atoms. The second-order valence-corrected chi connectivity index (χ2v) is 6.32. The van der Waals surface area contributed by atoms with Gasteiger partial charge in [-0.2, -0.15) is 13.2 Å². The van der Waals surface area contributed by atoms with Crippen molar-refractivity contribution in [2.45, 2.75) is 24.8 Å². The van der Waals surface area contributed by atoms with Crippen LogP contribution in [0.5, 0.6) is 0 Å². The summed E-state index contributed by atoms with van der Waals surface area (Å²) in [7, 11) is -1.06. The highest BCUT2D eigenvalue weighted by Gasteiger charge is 2.35. The van der Waals surface area contributed by atoms with Crippen molar-refractivity contribution >= 4 is 16.7 Å². The van der Waals surface area contributed by atoms with E-state index in [0.29, 0.717) is 12.5 Å². The number of carbonyl (C=O) groups excluding carboxylic acids is 1. The molecule has 21 heavy (non-hydrogen) atoms. The Morgan fingerprint density at radius 3 is 2.52 bits per heavy atom. The maximum atomic E-state index is 13.7. The number of hydrogen-bond donors (Lipinski definition) is 1. The predicted molar refractivity (Wildman–Crippen MR) is 71.9 cm³/mol. The van der Waals surface area contributed by atoms with Crippen LogP contribution in [0.4, 0.5) is 17.6 Å². The quantitative estimate of drug-likeness (QED) is 0.846. The van der Waals surface area contributed by atoms with Crippen molar-refractivity contribution in [1.29, 1.82) is 0 Å². The fraction of sp³-hybridized carbons (Fsp3) is 0.462. The van der Waals surface area contributed by atoms with Crippen LogP contribution in [0.2, 0.25) is 0 Å². The minimum absolute atomic E-state index is 0.106. The lowest BCUT2D eigenvalue weighted by Crippen LogP contribution is -2.28. The van der Waals surface area contributed by atoms with Crippen LogP contribution in [0.1, 0.15) is 29.3 Å². The molecule has 118 valence electrons. The third-order valence-electron chi connectivity index (χ3n) is 2.95. The third kappa shape index (κ3) is 4.80. The summed E-state index contributed by atoms with van der Waals surface area (Å²) in [4.78, 5) is 11.7. The second-order valence-electron chi connectivity index (χ2n) is 4.52. The van der Waals surface area contributed by atoms with Gasteiger partial charge in [0.25, 0.3) is 5.91 Å². The van der Waals surface area contributed by atoms with Gasteiger partial charge in [-0.25, -0.2) is 4.39 Å². The Morgan fingerprint density at radius 2 is 2.00 bits per heavy atom. The van der Waals surface area contributed by atoms with Gasteiger partial charge in [0, 0.05) is 28.9 Å². The summed E-state index contributed by atoms with van der Waals surface area (Å²) in [6, 6.07) is 2.54. The van der Waals surface area contributed by atoms with E-state index in [4.69, 9.17) is 0 Å². The van der Waals surface area contributed by atoms with Crippen LogP contribution >= 0.6 is 0 Å². The molecule has 0 fully saturated rings. The van der Waals surface area contributed by atoms with Crippen molar-refractivity contribution in [3.05, 3.63) is 35.1 Å². The van der Waals surface area contributed by atoms with Crippen LogP contribution in [0.15, 0.2) is 18.2 Å². The first kappa shape index (κ1) is 17.6. The zero-order valence-electron chi connectivity index (χ0n) is 11.5. The molecule has 0 aliphatic carbocycles. The van der Waals surface area contributed by atoms with E-state index in [1.54, 1.807) is 6.92 Å². The van der Waals surface area contributed by atoms with Crippen LogP contribution in [0, 0.1) is 5.82 Å². The molecule has 0 radical (unpaired) electrons. The van der Waals surface area contributed by atoms with Crippen molar-refractivity contribution < 1.29 is 26.6 Å². The second kappa shape index (κ2) is 7.02. The summed E-state index contributed by atoms with van der Waals surface area (Å²) in [6.07, 6.45) is -2.96. The molecule has 3 nitrogen and oxygen atoms in total. The first-order valence-corrected chi connectivity index (χ1v) is 7.73. The number of benzene rings is 1. The molecule has 0 bridgehead atoms. The van der Waals surface area contributed by atoms with Crippen molar-refractivity contribution in [3.8, 4) is 0 Å². The topological polar surface area (TPSA) is 46.2 Å². The lowest BCUT2D eigenvalue weighted by molar-refractivity contribution is -0.140. The first-order chi connectivity index (χ1) is 9.64. The van der Waals surface area contributed by atoms with Gasteiger partial charge in [-0.05, 0) is 18.6 Å². The maximum absolute atomic E-state index is 13.7. The van der Waals surface area contributed by atoms with Gasteiger partial charge in [-0.15, -0.1) is 0 Å². The zero-order chi connectivity index (χ0) is 16.2. The van der Waals surface area contributed by atoms with E-state index in [0.717, 1.165) is 12.1 Å².